The number of nitrogens with one attached hydrogen (secondary N) is 2. The maximum absolute atomic E-state index is 12.8. The van der Waals surface area contributed by atoms with Crippen molar-refractivity contribution >= 4 is 5.91 Å². The van der Waals surface area contributed by atoms with E-state index >= 15 is 0 Å². The molecule has 2 rings (SSSR count). The van der Waals surface area contributed by atoms with E-state index < -0.39 is 19.0 Å². The second-order valence-corrected chi connectivity index (χ2v) is 5.99. The van der Waals surface area contributed by atoms with Gasteiger partial charge in [-0.2, -0.15) is 8.78 Å². The van der Waals surface area contributed by atoms with Crippen LogP contribution >= 0.6 is 0 Å². The number of aromatic nitrogens is 1. The Morgan fingerprint density at radius 1 is 1.44 bits per heavy atom. The van der Waals surface area contributed by atoms with Crippen LogP contribution in [-0.2, 0) is 0 Å². The van der Waals surface area contributed by atoms with Gasteiger partial charge in [0.05, 0.1) is 5.56 Å². The number of alkyl halides is 4. The minimum atomic E-state index is -4.24. The standard InChI is InChI=1S/C16H21F4N3O2/c17-15(18)16(19,20)10-25-13-4-3-12(9-23-13)14(24)22-7-5-11-2-1-6-21-8-11/h3-4,9,11,15,21H,1-2,5-8,10H2,(H,22,24). The second kappa shape index (κ2) is 8.98. The van der Waals surface area contributed by atoms with Crippen molar-refractivity contribution < 1.29 is 27.1 Å². The number of rotatable bonds is 8. The molecule has 1 atom stereocenters. The first-order valence-electron chi connectivity index (χ1n) is 8.12. The molecule has 5 nitrogen and oxygen atoms in total. The monoisotopic (exact) mass is 363 g/mol. The normalized spacial score (nSPS) is 18.2. The third-order valence-electron chi connectivity index (χ3n) is 3.97. The summed E-state index contributed by atoms with van der Waals surface area (Å²) in [6.07, 6.45) is 0.495. The first-order valence-corrected chi connectivity index (χ1v) is 8.12. The number of ether oxygens (including phenoxy) is 1. The molecule has 1 aliphatic heterocycles. The number of carbonyl (C=O) groups is 1. The first kappa shape index (κ1) is 19.4. The molecule has 1 fully saturated rings. The molecule has 1 aromatic rings. The quantitative estimate of drug-likeness (QED) is 0.697. The molecule has 0 aliphatic carbocycles. The number of carbonyl (C=O) groups excluding carboxylic acids is 1. The number of amides is 1. The largest absolute Gasteiger partial charge is 0.471 e. The van der Waals surface area contributed by atoms with Crippen molar-refractivity contribution in [2.75, 3.05) is 26.2 Å². The van der Waals surface area contributed by atoms with Gasteiger partial charge in [0.25, 0.3) is 5.91 Å². The molecule has 1 amide bonds. The molecule has 1 saturated heterocycles. The van der Waals surface area contributed by atoms with Crippen molar-refractivity contribution in [2.24, 2.45) is 5.92 Å². The van der Waals surface area contributed by atoms with E-state index in [9.17, 15) is 22.4 Å². The summed E-state index contributed by atoms with van der Waals surface area (Å²) in [6.45, 7) is 1.04. The van der Waals surface area contributed by atoms with Gasteiger partial charge in [0, 0.05) is 18.8 Å². The van der Waals surface area contributed by atoms with Gasteiger partial charge in [-0.05, 0) is 44.3 Å². The Morgan fingerprint density at radius 2 is 2.24 bits per heavy atom. The molecule has 1 aliphatic rings. The third kappa shape index (κ3) is 6.15. The summed E-state index contributed by atoms with van der Waals surface area (Å²) >= 11 is 0. The number of hydrogen-bond donors (Lipinski definition) is 2. The fraction of sp³-hybridized carbons (Fsp3) is 0.625. The van der Waals surface area contributed by atoms with Gasteiger partial charge >= 0.3 is 12.3 Å². The highest BCUT2D eigenvalue weighted by atomic mass is 19.3. The Balaban J connectivity index is 1.75. The van der Waals surface area contributed by atoms with Gasteiger partial charge < -0.3 is 15.4 Å². The van der Waals surface area contributed by atoms with Crippen LogP contribution in [-0.4, -0.2) is 49.5 Å². The first-order chi connectivity index (χ1) is 11.9. The smallest absolute Gasteiger partial charge is 0.340 e. The van der Waals surface area contributed by atoms with Crippen molar-refractivity contribution in [2.45, 2.75) is 31.6 Å². The lowest BCUT2D eigenvalue weighted by Gasteiger charge is -2.22. The number of piperidine rings is 1. The lowest BCUT2D eigenvalue weighted by Crippen LogP contribution is -2.34. The SMILES string of the molecule is O=C(NCCC1CCCNC1)c1ccc(OCC(F)(F)C(F)F)nc1. The van der Waals surface area contributed by atoms with Crippen LogP contribution in [0.25, 0.3) is 0 Å². The van der Waals surface area contributed by atoms with Crippen LogP contribution in [0.5, 0.6) is 5.88 Å². The summed E-state index contributed by atoms with van der Waals surface area (Å²) in [7, 11) is 0. The van der Waals surface area contributed by atoms with E-state index in [-0.39, 0.29) is 17.4 Å². The molecule has 0 aromatic carbocycles. The van der Waals surface area contributed by atoms with Crippen LogP contribution < -0.4 is 15.4 Å². The fourth-order valence-corrected chi connectivity index (χ4v) is 2.50. The van der Waals surface area contributed by atoms with E-state index in [0.717, 1.165) is 38.5 Å². The van der Waals surface area contributed by atoms with Crippen LogP contribution in [0.3, 0.4) is 0 Å². The molecular formula is C16H21F4N3O2. The van der Waals surface area contributed by atoms with E-state index in [0.29, 0.717) is 12.5 Å². The Hall–Kier alpha value is -1.90. The van der Waals surface area contributed by atoms with Gasteiger partial charge in [0.2, 0.25) is 5.88 Å². The number of nitrogens with zero attached hydrogens (tertiary/aromatic N) is 1. The summed E-state index contributed by atoms with van der Waals surface area (Å²) in [5.74, 6) is -4.28. The summed E-state index contributed by atoms with van der Waals surface area (Å²) in [5.41, 5.74) is 0.245. The zero-order chi connectivity index (χ0) is 18.3. The lowest BCUT2D eigenvalue weighted by molar-refractivity contribution is -0.148. The van der Waals surface area contributed by atoms with Gasteiger partial charge in [-0.15, -0.1) is 0 Å². The zero-order valence-corrected chi connectivity index (χ0v) is 13.6. The van der Waals surface area contributed by atoms with Crippen LogP contribution in [0.2, 0.25) is 0 Å². The number of hydrogen-bond acceptors (Lipinski definition) is 4. The van der Waals surface area contributed by atoms with Crippen molar-refractivity contribution in [3.8, 4) is 5.88 Å². The molecule has 0 spiro atoms. The van der Waals surface area contributed by atoms with Crippen molar-refractivity contribution in [3.05, 3.63) is 23.9 Å². The predicted molar refractivity (Wildman–Crippen MR) is 83.2 cm³/mol. The number of pyridine rings is 1. The molecule has 25 heavy (non-hydrogen) atoms. The highest BCUT2D eigenvalue weighted by Gasteiger charge is 2.41. The molecule has 1 aromatic heterocycles. The van der Waals surface area contributed by atoms with E-state index in [1.807, 2.05) is 0 Å². The molecule has 0 saturated carbocycles. The average molecular weight is 363 g/mol. The molecule has 0 bridgehead atoms. The summed E-state index contributed by atoms with van der Waals surface area (Å²) in [6, 6.07) is 2.54. The maximum Gasteiger partial charge on any atom is 0.340 e. The lowest BCUT2D eigenvalue weighted by atomic mass is 9.96. The Kier molecular flexibility index (Phi) is 6.98. The summed E-state index contributed by atoms with van der Waals surface area (Å²) in [5, 5.41) is 6.07. The van der Waals surface area contributed by atoms with Crippen LogP contribution in [0.15, 0.2) is 18.3 Å². The van der Waals surface area contributed by atoms with Crippen LogP contribution in [0.4, 0.5) is 17.6 Å². The van der Waals surface area contributed by atoms with Crippen LogP contribution in [0.1, 0.15) is 29.6 Å². The molecular weight excluding hydrogens is 342 g/mol. The van der Waals surface area contributed by atoms with E-state index in [1.54, 1.807) is 0 Å². The minimum absolute atomic E-state index is 0.245. The van der Waals surface area contributed by atoms with E-state index in [1.165, 1.54) is 12.1 Å². The minimum Gasteiger partial charge on any atom is -0.471 e. The topological polar surface area (TPSA) is 63.2 Å². The van der Waals surface area contributed by atoms with Gasteiger partial charge in [-0.25, -0.2) is 13.8 Å². The second-order valence-electron chi connectivity index (χ2n) is 5.99. The van der Waals surface area contributed by atoms with Crippen molar-refractivity contribution in [3.63, 3.8) is 0 Å². The molecule has 2 N–H and O–H groups in total. The highest BCUT2D eigenvalue weighted by Crippen LogP contribution is 2.23. The number of halogens is 4. The van der Waals surface area contributed by atoms with Gasteiger partial charge in [0.1, 0.15) is 0 Å². The molecule has 9 heteroatoms. The van der Waals surface area contributed by atoms with Gasteiger partial charge in [-0.1, -0.05) is 0 Å². The Bertz CT molecular complexity index is 549. The third-order valence-corrected chi connectivity index (χ3v) is 3.97. The Morgan fingerprint density at radius 3 is 2.84 bits per heavy atom. The highest BCUT2D eigenvalue weighted by molar-refractivity contribution is 5.93. The molecule has 140 valence electrons. The summed E-state index contributed by atoms with van der Waals surface area (Å²) in [4.78, 5) is 15.7. The molecule has 2 heterocycles. The van der Waals surface area contributed by atoms with Crippen LogP contribution in [0, 0.1) is 5.92 Å². The maximum atomic E-state index is 12.8. The Labute approximate surface area is 143 Å². The van der Waals surface area contributed by atoms with E-state index in [2.05, 4.69) is 20.4 Å². The molecule has 1 unspecified atom stereocenters. The van der Waals surface area contributed by atoms with Gasteiger partial charge in [0.15, 0.2) is 6.61 Å². The molecule has 0 radical (unpaired) electrons. The zero-order valence-electron chi connectivity index (χ0n) is 13.6. The average Bonchev–Trinajstić information content (AvgIpc) is 2.61. The van der Waals surface area contributed by atoms with Crippen molar-refractivity contribution in [1.29, 1.82) is 0 Å². The fourth-order valence-electron chi connectivity index (χ4n) is 2.50. The van der Waals surface area contributed by atoms with Gasteiger partial charge in [-0.3, -0.25) is 4.79 Å². The van der Waals surface area contributed by atoms with Crippen molar-refractivity contribution in [1.82, 2.24) is 15.6 Å². The van der Waals surface area contributed by atoms with E-state index in [4.69, 9.17) is 0 Å². The summed E-state index contributed by atoms with van der Waals surface area (Å²) < 4.78 is 54.1. The predicted octanol–water partition coefficient (Wildman–Crippen LogP) is 2.48.